The van der Waals surface area contributed by atoms with Crippen molar-refractivity contribution in [2.24, 2.45) is 0 Å². The topological polar surface area (TPSA) is 57.7 Å². The van der Waals surface area contributed by atoms with Crippen molar-refractivity contribution in [1.82, 2.24) is 4.90 Å². The third-order valence-corrected chi connectivity index (χ3v) is 4.63. The minimum atomic E-state index is -3.37. The van der Waals surface area contributed by atoms with E-state index in [1.165, 1.54) is 10.6 Å². The summed E-state index contributed by atoms with van der Waals surface area (Å²) >= 11 is 0. The number of amides is 1. The number of sulfonamides is 1. The van der Waals surface area contributed by atoms with Gasteiger partial charge in [0.15, 0.2) is 0 Å². The van der Waals surface area contributed by atoms with Gasteiger partial charge in [-0.1, -0.05) is 18.2 Å². The van der Waals surface area contributed by atoms with E-state index in [9.17, 15) is 13.2 Å². The molecule has 1 aliphatic heterocycles. The van der Waals surface area contributed by atoms with E-state index in [-0.39, 0.29) is 18.9 Å². The molecule has 0 spiro atoms. The molecule has 0 atom stereocenters. The lowest BCUT2D eigenvalue weighted by Gasteiger charge is -2.23. The van der Waals surface area contributed by atoms with Crippen molar-refractivity contribution >= 4 is 21.6 Å². The molecule has 2 rings (SSSR count). The van der Waals surface area contributed by atoms with Crippen LogP contribution in [0, 0.1) is 0 Å². The van der Waals surface area contributed by atoms with Crippen molar-refractivity contribution in [2.45, 2.75) is 19.3 Å². The van der Waals surface area contributed by atoms with Crippen LogP contribution in [0.3, 0.4) is 0 Å². The summed E-state index contributed by atoms with van der Waals surface area (Å²) in [5.41, 5.74) is 0.601. The van der Waals surface area contributed by atoms with Gasteiger partial charge in [0.2, 0.25) is 15.9 Å². The van der Waals surface area contributed by atoms with Crippen LogP contribution in [0.15, 0.2) is 30.3 Å². The average molecular weight is 296 g/mol. The van der Waals surface area contributed by atoms with Crippen molar-refractivity contribution < 1.29 is 13.2 Å². The first-order chi connectivity index (χ1) is 9.48. The minimum absolute atomic E-state index is 0.0343. The molecule has 110 valence electrons. The fraction of sp³-hybridized carbons (Fsp3) is 0.500. The molecule has 1 heterocycles. The summed E-state index contributed by atoms with van der Waals surface area (Å²) in [5.74, 6) is 0.0343. The molecule has 6 heteroatoms. The Morgan fingerprint density at radius 2 is 1.80 bits per heavy atom. The van der Waals surface area contributed by atoms with E-state index in [1.54, 1.807) is 24.3 Å². The summed E-state index contributed by atoms with van der Waals surface area (Å²) < 4.78 is 25.0. The van der Waals surface area contributed by atoms with E-state index < -0.39 is 10.0 Å². The fourth-order valence-electron chi connectivity index (χ4n) is 2.40. The second-order valence-electron chi connectivity index (χ2n) is 5.01. The van der Waals surface area contributed by atoms with Crippen LogP contribution >= 0.6 is 0 Å². The molecule has 0 radical (unpaired) electrons. The lowest BCUT2D eigenvalue weighted by Crippen LogP contribution is -2.35. The summed E-state index contributed by atoms with van der Waals surface area (Å²) in [5, 5.41) is 0. The molecule has 1 saturated heterocycles. The Hall–Kier alpha value is -1.56. The van der Waals surface area contributed by atoms with Crippen LogP contribution in [0.4, 0.5) is 5.69 Å². The first kappa shape index (κ1) is 14.8. The van der Waals surface area contributed by atoms with E-state index >= 15 is 0 Å². The monoisotopic (exact) mass is 296 g/mol. The first-order valence-corrected chi connectivity index (χ1v) is 8.64. The summed E-state index contributed by atoms with van der Waals surface area (Å²) in [6, 6.07) is 8.88. The van der Waals surface area contributed by atoms with Gasteiger partial charge >= 0.3 is 0 Å². The number of hydrogen-bond acceptors (Lipinski definition) is 3. The zero-order valence-corrected chi connectivity index (χ0v) is 12.5. The van der Waals surface area contributed by atoms with Crippen LogP contribution < -0.4 is 4.31 Å². The predicted octanol–water partition coefficient (Wildman–Crippen LogP) is 1.47. The van der Waals surface area contributed by atoms with Gasteiger partial charge in [-0.3, -0.25) is 9.10 Å². The summed E-state index contributed by atoms with van der Waals surface area (Å²) in [4.78, 5) is 13.8. The number of carbonyl (C=O) groups excluding carboxylic acids is 1. The number of likely N-dealkylation sites (tertiary alicyclic amines) is 1. The average Bonchev–Trinajstić information content (AvgIpc) is 2.92. The molecule has 20 heavy (non-hydrogen) atoms. The number of carbonyl (C=O) groups is 1. The Balaban J connectivity index is 2.04. The molecule has 1 amide bonds. The largest absolute Gasteiger partial charge is 0.343 e. The molecule has 1 fully saturated rings. The van der Waals surface area contributed by atoms with Crippen LogP contribution in [0.25, 0.3) is 0 Å². The maximum atomic E-state index is 12.0. The second kappa shape index (κ2) is 6.26. The summed E-state index contributed by atoms with van der Waals surface area (Å²) in [6.07, 6.45) is 3.47. The number of anilines is 1. The highest BCUT2D eigenvalue weighted by atomic mass is 32.2. The van der Waals surface area contributed by atoms with E-state index in [2.05, 4.69) is 0 Å². The summed E-state index contributed by atoms with van der Waals surface area (Å²) in [7, 11) is -3.37. The maximum absolute atomic E-state index is 12.0. The highest BCUT2D eigenvalue weighted by molar-refractivity contribution is 7.92. The molecule has 0 aliphatic carbocycles. The number of hydrogen-bond donors (Lipinski definition) is 0. The van der Waals surface area contributed by atoms with Gasteiger partial charge in [-0.25, -0.2) is 8.42 Å². The van der Waals surface area contributed by atoms with E-state index in [0.717, 1.165) is 25.9 Å². The molecular formula is C14H20N2O3S. The van der Waals surface area contributed by atoms with Crippen molar-refractivity contribution in [3.63, 3.8) is 0 Å². The van der Waals surface area contributed by atoms with Gasteiger partial charge in [0.25, 0.3) is 0 Å². The highest BCUT2D eigenvalue weighted by Crippen LogP contribution is 2.18. The van der Waals surface area contributed by atoms with Gasteiger partial charge in [0.05, 0.1) is 11.9 Å². The molecule has 5 nitrogen and oxygen atoms in total. The Labute approximate surface area is 120 Å². The van der Waals surface area contributed by atoms with Gasteiger partial charge in [0, 0.05) is 26.1 Å². The van der Waals surface area contributed by atoms with Crippen molar-refractivity contribution in [2.75, 3.05) is 30.2 Å². The minimum Gasteiger partial charge on any atom is -0.343 e. The quantitative estimate of drug-likeness (QED) is 0.826. The fourth-order valence-corrected chi connectivity index (χ4v) is 3.33. The van der Waals surface area contributed by atoms with Crippen LogP contribution in [-0.4, -0.2) is 45.1 Å². The predicted molar refractivity (Wildman–Crippen MR) is 79.1 cm³/mol. The zero-order chi connectivity index (χ0) is 14.6. The van der Waals surface area contributed by atoms with Crippen LogP contribution in [0.2, 0.25) is 0 Å². The number of para-hydroxylation sites is 1. The van der Waals surface area contributed by atoms with Gasteiger partial charge in [-0.15, -0.1) is 0 Å². The standard InChI is InChI=1S/C14H20N2O3S/c1-20(18,19)16(13-7-3-2-4-8-13)12-9-14(17)15-10-5-6-11-15/h2-4,7-8H,5-6,9-12H2,1H3. The van der Waals surface area contributed by atoms with Gasteiger partial charge < -0.3 is 4.90 Å². The second-order valence-corrected chi connectivity index (χ2v) is 6.92. The van der Waals surface area contributed by atoms with Crippen molar-refractivity contribution in [3.05, 3.63) is 30.3 Å². The Bertz CT molecular complexity index is 551. The first-order valence-electron chi connectivity index (χ1n) is 6.79. The lowest BCUT2D eigenvalue weighted by molar-refractivity contribution is -0.129. The van der Waals surface area contributed by atoms with E-state index in [4.69, 9.17) is 0 Å². The maximum Gasteiger partial charge on any atom is 0.232 e. The molecule has 0 unspecified atom stereocenters. The molecule has 0 bridgehead atoms. The molecule has 1 aromatic rings. The Morgan fingerprint density at radius 1 is 1.20 bits per heavy atom. The molecule has 0 N–H and O–H groups in total. The van der Waals surface area contributed by atoms with Crippen molar-refractivity contribution in [1.29, 1.82) is 0 Å². The molecule has 1 aliphatic rings. The normalized spacial score (nSPS) is 15.3. The number of nitrogens with zero attached hydrogens (tertiary/aromatic N) is 2. The third kappa shape index (κ3) is 3.72. The van der Waals surface area contributed by atoms with Gasteiger partial charge in [-0.05, 0) is 25.0 Å². The van der Waals surface area contributed by atoms with E-state index in [0.29, 0.717) is 5.69 Å². The molecular weight excluding hydrogens is 276 g/mol. The lowest BCUT2D eigenvalue weighted by atomic mass is 10.3. The van der Waals surface area contributed by atoms with Crippen molar-refractivity contribution in [3.8, 4) is 0 Å². The van der Waals surface area contributed by atoms with Gasteiger partial charge in [0.1, 0.15) is 0 Å². The zero-order valence-electron chi connectivity index (χ0n) is 11.7. The van der Waals surface area contributed by atoms with Crippen LogP contribution in [0.5, 0.6) is 0 Å². The highest BCUT2D eigenvalue weighted by Gasteiger charge is 2.22. The van der Waals surface area contributed by atoms with Crippen LogP contribution in [-0.2, 0) is 14.8 Å². The Morgan fingerprint density at radius 3 is 2.35 bits per heavy atom. The summed E-state index contributed by atoms with van der Waals surface area (Å²) in [6.45, 7) is 1.78. The molecule has 0 aromatic heterocycles. The molecule has 0 saturated carbocycles. The number of benzene rings is 1. The Kier molecular flexibility index (Phi) is 4.65. The number of rotatable bonds is 5. The van der Waals surface area contributed by atoms with E-state index in [1.807, 2.05) is 11.0 Å². The third-order valence-electron chi connectivity index (χ3n) is 3.43. The molecule has 1 aromatic carbocycles. The SMILES string of the molecule is CS(=O)(=O)N(CCC(=O)N1CCCC1)c1ccccc1. The van der Waals surface area contributed by atoms with Gasteiger partial charge in [-0.2, -0.15) is 0 Å². The van der Waals surface area contributed by atoms with Crippen LogP contribution in [0.1, 0.15) is 19.3 Å². The smallest absolute Gasteiger partial charge is 0.232 e.